The van der Waals surface area contributed by atoms with Gasteiger partial charge < -0.3 is 10.4 Å². The molecule has 0 aliphatic carbocycles. The van der Waals surface area contributed by atoms with Crippen LogP contribution in [0.25, 0.3) is 0 Å². The summed E-state index contributed by atoms with van der Waals surface area (Å²) in [4.78, 5) is 22.8. The Labute approximate surface area is 113 Å². The monoisotopic (exact) mass is 277 g/mol. The molecule has 1 amide bonds. The third-order valence-corrected chi connectivity index (χ3v) is 2.70. The molecule has 104 valence electrons. The van der Waals surface area contributed by atoms with Gasteiger partial charge in [-0.25, -0.2) is 9.18 Å². The summed E-state index contributed by atoms with van der Waals surface area (Å²) in [7, 11) is 0. The number of nitrogens with zero attached hydrogens (tertiary/aromatic N) is 1. The van der Waals surface area contributed by atoms with Crippen molar-refractivity contribution in [3.8, 4) is 0 Å². The van der Waals surface area contributed by atoms with Gasteiger partial charge >= 0.3 is 5.97 Å². The first kappa shape index (κ1) is 13.7. The fourth-order valence-electron chi connectivity index (χ4n) is 1.75. The number of hydrogen-bond donors (Lipinski definition) is 3. The Kier molecular flexibility index (Phi) is 3.79. The van der Waals surface area contributed by atoms with Crippen LogP contribution in [-0.4, -0.2) is 27.2 Å². The van der Waals surface area contributed by atoms with E-state index in [-0.39, 0.29) is 23.6 Å². The number of aryl methyl sites for hydroxylation is 1. The smallest absolute Gasteiger partial charge is 0.341 e. The number of carboxylic acids is 1. The molecule has 0 spiro atoms. The quantitative estimate of drug-likeness (QED) is 0.793. The molecule has 0 aliphatic rings. The van der Waals surface area contributed by atoms with Gasteiger partial charge in [0.2, 0.25) is 5.91 Å². The van der Waals surface area contributed by atoms with Gasteiger partial charge in [-0.3, -0.25) is 9.89 Å². The van der Waals surface area contributed by atoms with Crippen LogP contribution >= 0.6 is 0 Å². The van der Waals surface area contributed by atoms with E-state index in [1.54, 1.807) is 6.92 Å². The third-order valence-electron chi connectivity index (χ3n) is 2.70. The summed E-state index contributed by atoms with van der Waals surface area (Å²) in [6.07, 6.45) is 0.00521. The van der Waals surface area contributed by atoms with Gasteiger partial charge in [-0.1, -0.05) is 12.1 Å². The van der Waals surface area contributed by atoms with Crippen molar-refractivity contribution in [2.45, 2.75) is 13.3 Å². The molecule has 6 nitrogen and oxygen atoms in total. The fraction of sp³-hybridized carbons (Fsp3) is 0.154. The van der Waals surface area contributed by atoms with Gasteiger partial charge in [0.25, 0.3) is 0 Å². The van der Waals surface area contributed by atoms with Crippen molar-refractivity contribution in [1.29, 1.82) is 0 Å². The summed E-state index contributed by atoms with van der Waals surface area (Å²) in [6, 6.07) is 5.49. The van der Waals surface area contributed by atoms with Crippen LogP contribution in [0.5, 0.6) is 0 Å². The van der Waals surface area contributed by atoms with Gasteiger partial charge in [0, 0.05) is 5.69 Å². The Balaban J connectivity index is 2.09. The van der Waals surface area contributed by atoms with E-state index in [1.807, 2.05) is 0 Å². The Morgan fingerprint density at radius 1 is 1.35 bits per heavy atom. The van der Waals surface area contributed by atoms with Crippen molar-refractivity contribution >= 4 is 17.7 Å². The van der Waals surface area contributed by atoms with Gasteiger partial charge in [0.1, 0.15) is 11.4 Å². The van der Waals surface area contributed by atoms with E-state index in [4.69, 9.17) is 5.11 Å². The Hall–Kier alpha value is -2.70. The number of hydrogen-bond acceptors (Lipinski definition) is 3. The number of anilines is 1. The second-order valence-corrected chi connectivity index (χ2v) is 4.23. The van der Waals surface area contributed by atoms with Gasteiger partial charge in [-0.05, 0) is 24.6 Å². The van der Waals surface area contributed by atoms with Crippen LogP contribution in [0.1, 0.15) is 21.6 Å². The highest BCUT2D eigenvalue weighted by Gasteiger charge is 2.18. The number of halogens is 1. The summed E-state index contributed by atoms with van der Waals surface area (Å²) in [5.74, 6) is -2.01. The predicted molar refractivity (Wildman–Crippen MR) is 69.0 cm³/mol. The average Bonchev–Trinajstić information content (AvgIpc) is 2.73. The van der Waals surface area contributed by atoms with Crippen LogP contribution in [0, 0.1) is 12.7 Å². The van der Waals surface area contributed by atoms with E-state index >= 15 is 0 Å². The van der Waals surface area contributed by atoms with E-state index in [2.05, 4.69) is 15.5 Å². The molecule has 0 radical (unpaired) electrons. The minimum atomic E-state index is -1.17. The topological polar surface area (TPSA) is 95.1 Å². The maximum Gasteiger partial charge on any atom is 0.341 e. The Morgan fingerprint density at radius 2 is 2.00 bits per heavy atom. The van der Waals surface area contributed by atoms with E-state index in [0.717, 1.165) is 0 Å². The number of carbonyl (C=O) groups is 2. The van der Waals surface area contributed by atoms with Gasteiger partial charge in [-0.2, -0.15) is 5.10 Å². The van der Waals surface area contributed by atoms with Gasteiger partial charge in [0.15, 0.2) is 5.82 Å². The van der Waals surface area contributed by atoms with E-state index in [9.17, 15) is 14.0 Å². The summed E-state index contributed by atoms with van der Waals surface area (Å²) in [6.45, 7) is 1.55. The maximum atomic E-state index is 12.7. The molecule has 1 aromatic carbocycles. The van der Waals surface area contributed by atoms with Crippen LogP contribution in [-0.2, 0) is 11.2 Å². The SMILES string of the molecule is Cc1[nH]nc(NC(=O)Cc2ccc(F)cc2)c1C(=O)O. The highest BCUT2D eigenvalue weighted by Crippen LogP contribution is 2.16. The molecule has 1 aromatic heterocycles. The first-order valence-electron chi connectivity index (χ1n) is 5.80. The number of benzene rings is 1. The van der Waals surface area contributed by atoms with Crippen molar-refractivity contribution in [3.63, 3.8) is 0 Å². The number of carbonyl (C=O) groups excluding carboxylic acids is 1. The highest BCUT2D eigenvalue weighted by molar-refractivity contribution is 6.00. The van der Waals surface area contributed by atoms with Crippen LogP contribution in [0.4, 0.5) is 10.2 Å². The fourth-order valence-corrected chi connectivity index (χ4v) is 1.75. The molecule has 0 atom stereocenters. The number of aromatic nitrogens is 2. The zero-order valence-corrected chi connectivity index (χ0v) is 10.6. The van der Waals surface area contributed by atoms with Crippen molar-refractivity contribution in [1.82, 2.24) is 10.2 Å². The Bertz CT molecular complexity index is 649. The molecular weight excluding hydrogens is 265 g/mol. The summed E-state index contributed by atoms with van der Waals surface area (Å²) >= 11 is 0. The predicted octanol–water partition coefficient (Wildman–Crippen LogP) is 1.74. The zero-order valence-electron chi connectivity index (χ0n) is 10.6. The molecule has 7 heteroatoms. The van der Waals surface area contributed by atoms with Crippen molar-refractivity contribution in [3.05, 3.63) is 46.9 Å². The standard InChI is InChI=1S/C13H12FN3O3/c1-7-11(13(19)20)12(17-16-7)15-10(18)6-8-2-4-9(14)5-3-8/h2-5H,6H2,1H3,(H,19,20)(H2,15,16,17,18). The Morgan fingerprint density at radius 3 is 2.60 bits per heavy atom. The zero-order chi connectivity index (χ0) is 14.7. The average molecular weight is 277 g/mol. The lowest BCUT2D eigenvalue weighted by atomic mass is 10.1. The van der Waals surface area contributed by atoms with Crippen LogP contribution in [0.15, 0.2) is 24.3 Å². The molecule has 0 fully saturated rings. The number of carboxylic acid groups (broad SMARTS) is 1. The lowest BCUT2D eigenvalue weighted by molar-refractivity contribution is -0.115. The molecule has 0 unspecified atom stereocenters. The van der Waals surface area contributed by atoms with E-state index in [1.165, 1.54) is 24.3 Å². The van der Waals surface area contributed by atoms with Crippen LogP contribution in [0.3, 0.4) is 0 Å². The molecule has 2 aromatic rings. The van der Waals surface area contributed by atoms with Crippen molar-refractivity contribution < 1.29 is 19.1 Å². The summed E-state index contributed by atoms with van der Waals surface area (Å²) < 4.78 is 12.7. The minimum Gasteiger partial charge on any atom is -0.477 e. The lowest BCUT2D eigenvalue weighted by Crippen LogP contribution is -2.16. The molecule has 0 saturated carbocycles. The first-order chi connectivity index (χ1) is 9.47. The molecule has 20 heavy (non-hydrogen) atoms. The molecule has 2 rings (SSSR count). The number of aromatic carboxylic acids is 1. The minimum absolute atomic E-state index is 0.00521. The third kappa shape index (κ3) is 3.00. The van der Waals surface area contributed by atoms with Crippen LogP contribution in [0.2, 0.25) is 0 Å². The first-order valence-corrected chi connectivity index (χ1v) is 5.80. The normalized spacial score (nSPS) is 10.3. The molecule has 0 saturated heterocycles. The highest BCUT2D eigenvalue weighted by atomic mass is 19.1. The number of amides is 1. The van der Waals surface area contributed by atoms with Gasteiger partial charge in [0.05, 0.1) is 6.42 Å². The van der Waals surface area contributed by atoms with Crippen LogP contribution < -0.4 is 5.32 Å². The molecule has 3 N–H and O–H groups in total. The number of aromatic amines is 1. The molecular formula is C13H12FN3O3. The molecule has 1 heterocycles. The summed E-state index contributed by atoms with van der Waals surface area (Å²) in [5.41, 5.74) is 0.903. The molecule has 0 bridgehead atoms. The largest absolute Gasteiger partial charge is 0.477 e. The summed E-state index contributed by atoms with van der Waals surface area (Å²) in [5, 5.41) is 17.7. The number of nitrogens with one attached hydrogen (secondary N) is 2. The number of H-pyrrole nitrogens is 1. The second kappa shape index (κ2) is 5.52. The second-order valence-electron chi connectivity index (χ2n) is 4.23. The lowest BCUT2D eigenvalue weighted by Gasteiger charge is -2.03. The molecule has 0 aliphatic heterocycles. The van der Waals surface area contributed by atoms with Crippen molar-refractivity contribution in [2.75, 3.05) is 5.32 Å². The van der Waals surface area contributed by atoms with Gasteiger partial charge in [-0.15, -0.1) is 0 Å². The number of rotatable bonds is 4. The van der Waals surface area contributed by atoms with Crippen molar-refractivity contribution in [2.24, 2.45) is 0 Å². The van der Waals surface area contributed by atoms with E-state index in [0.29, 0.717) is 11.3 Å². The maximum absolute atomic E-state index is 12.7. The van der Waals surface area contributed by atoms with E-state index < -0.39 is 11.9 Å².